The molecule has 4 fully saturated rings. The van der Waals surface area contributed by atoms with Crippen molar-refractivity contribution in [2.45, 2.75) is 49.7 Å². The van der Waals surface area contributed by atoms with Crippen molar-refractivity contribution < 1.29 is 18.3 Å². The van der Waals surface area contributed by atoms with Gasteiger partial charge in [-0.15, -0.1) is 0 Å². The largest absolute Gasteiger partial charge is 0.461 e. The maximum Gasteiger partial charge on any atom is 0.319 e. The third kappa shape index (κ3) is 4.19. The molecule has 4 saturated heterocycles. The van der Waals surface area contributed by atoms with Crippen molar-refractivity contribution in [1.29, 1.82) is 0 Å². The average Bonchev–Trinajstić information content (AvgIpc) is 3.70. The molecule has 0 radical (unpaired) electrons. The quantitative estimate of drug-likeness (QED) is 0.235. The van der Waals surface area contributed by atoms with E-state index in [-0.39, 0.29) is 40.1 Å². The molecule has 0 bridgehead atoms. The Kier molecular flexibility index (Phi) is 6.54. The monoisotopic (exact) mass is 615 g/mol. The van der Waals surface area contributed by atoms with E-state index in [9.17, 15) is 9.18 Å². The highest BCUT2D eigenvalue weighted by molar-refractivity contribution is 6.37. The molecular weight excluding hydrogens is 584 g/mol. The van der Waals surface area contributed by atoms with Crippen LogP contribution in [0.1, 0.15) is 32.1 Å². The van der Waals surface area contributed by atoms with Crippen molar-refractivity contribution in [3.05, 3.63) is 71.8 Å². The van der Waals surface area contributed by atoms with Gasteiger partial charge >= 0.3 is 6.01 Å². The van der Waals surface area contributed by atoms with Crippen molar-refractivity contribution in [3.63, 3.8) is 0 Å². The molecule has 0 spiro atoms. The first kappa shape index (κ1) is 27.7. The Hall–Kier alpha value is -3.82. The summed E-state index contributed by atoms with van der Waals surface area (Å²) in [5, 5.41) is 1.67. The molecule has 4 aliphatic heterocycles. The predicted molar refractivity (Wildman–Crippen MR) is 167 cm³/mol. The summed E-state index contributed by atoms with van der Waals surface area (Å²) in [6.45, 7) is 7.53. The number of fused-ring (bicyclic) bond motifs is 4. The number of anilines is 1. The number of rotatable bonds is 6. The Labute approximate surface area is 259 Å². The second-order valence-electron chi connectivity index (χ2n) is 12.5. The second kappa shape index (κ2) is 10.4. The first-order valence-electron chi connectivity index (χ1n) is 15.3. The lowest BCUT2D eigenvalue weighted by atomic mass is 9.94. The third-order valence-corrected chi connectivity index (χ3v) is 10.6. The fraction of sp³-hybridized carbons (Fsp3) is 0.382. The maximum absolute atomic E-state index is 16.1. The smallest absolute Gasteiger partial charge is 0.319 e. The van der Waals surface area contributed by atoms with E-state index in [1.807, 2.05) is 11.0 Å². The van der Waals surface area contributed by atoms with Gasteiger partial charge in [0, 0.05) is 29.4 Å². The van der Waals surface area contributed by atoms with Crippen LogP contribution in [0.2, 0.25) is 5.02 Å². The summed E-state index contributed by atoms with van der Waals surface area (Å²) >= 11 is 6.43. The topological polar surface area (TPSA) is 61.8 Å². The van der Waals surface area contributed by atoms with Gasteiger partial charge in [-0.3, -0.25) is 9.69 Å². The highest BCUT2D eigenvalue weighted by Crippen LogP contribution is 2.43. The van der Waals surface area contributed by atoms with E-state index in [4.69, 9.17) is 26.3 Å². The summed E-state index contributed by atoms with van der Waals surface area (Å²) in [5.41, 5.74) is 1.29. The molecule has 5 heterocycles. The van der Waals surface area contributed by atoms with Crippen LogP contribution in [0.15, 0.2) is 55.1 Å². The van der Waals surface area contributed by atoms with Crippen LogP contribution in [0, 0.1) is 11.6 Å². The summed E-state index contributed by atoms with van der Waals surface area (Å²) < 4.78 is 37.0. The number of hydrogen-bond acceptors (Lipinski definition) is 6. The van der Waals surface area contributed by atoms with Crippen LogP contribution in [0.4, 0.5) is 14.6 Å². The number of ether oxygens (including phenoxy) is 1. The van der Waals surface area contributed by atoms with E-state index >= 15 is 4.39 Å². The number of amides is 1. The molecule has 10 heteroatoms. The molecule has 1 aromatic heterocycles. The molecule has 4 aromatic rings. The van der Waals surface area contributed by atoms with E-state index in [1.165, 1.54) is 18.2 Å². The lowest BCUT2D eigenvalue weighted by molar-refractivity contribution is -0.127. The summed E-state index contributed by atoms with van der Waals surface area (Å²) in [6.07, 6.45) is 6.62. The number of nitrogens with zero attached hydrogens (tertiary/aromatic N) is 5. The number of benzene rings is 3. The highest BCUT2D eigenvalue weighted by atomic mass is 35.5. The minimum absolute atomic E-state index is 0.00900. The van der Waals surface area contributed by atoms with Gasteiger partial charge in [-0.2, -0.15) is 9.97 Å². The van der Waals surface area contributed by atoms with Gasteiger partial charge in [-0.25, -0.2) is 8.78 Å². The highest BCUT2D eigenvalue weighted by Gasteiger charge is 2.49. The number of likely N-dealkylation sites (tertiary alicyclic amines) is 1. The lowest BCUT2D eigenvalue weighted by Crippen LogP contribution is -2.63. The molecule has 44 heavy (non-hydrogen) atoms. The van der Waals surface area contributed by atoms with Gasteiger partial charge in [-0.1, -0.05) is 42.4 Å². The molecule has 2 atom stereocenters. The van der Waals surface area contributed by atoms with Crippen molar-refractivity contribution in [2.24, 2.45) is 0 Å². The van der Waals surface area contributed by atoms with Crippen LogP contribution in [0.25, 0.3) is 32.8 Å². The number of hydrogen-bond donors (Lipinski definition) is 0. The van der Waals surface area contributed by atoms with Crippen molar-refractivity contribution in [3.8, 4) is 17.1 Å². The van der Waals surface area contributed by atoms with E-state index in [2.05, 4.69) is 16.4 Å². The molecule has 226 valence electrons. The summed E-state index contributed by atoms with van der Waals surface area (Å²) in [5.74, 6) is -0.527. The van der Waals surface area contributed by atoms with Crippen LogP contribution in [-0.2, 0) is 4.79 Å². The zero-order valence-electron chi connectivity index (χ0n) is 24.2. The fourth-order valence-corrected chi connectivity index (χ4v) is 8.32. The molecular formula is C34H32ClF2N5O2. The van der Waals surface area contributed by atoms with Crippen LogP contribution in [0.3, 0.4) is 0 Å². The van der Waals surface area contributed by atoms with Gasteiger partial charge < -0.3 is 14.5 Å². The summed E-state index contributed by atoms with van der Waals surface area (Å²) in [6, 6.07) is 11.8. The van der Waals surface area contributed by atoms with Gasteiger partial charge in [0.05, 0.1) is 28.2 Å². The molecule has 3 aromatic carbocycles. The molecule has 1 amide bonds. The van der Waals surface area contributed by atoms with Gasteiger partial charge in [-0.05, 0) is 80.4 Å². The van der Waals surface area contributed by atoms with Crippen LogP contribution in [-0.4, -0.2) is 76.1 Å². The van der Waals surface area contributed by atoms with Gasteiger partial charge in [0.2, 0.25) is 5.91 Å². The third-order valence-electron chi connectivity index (χ3n) is 10.3. The van der Waals surface area contributed by atoms with E-state index < -0.39 is 11.6 Å². The average molecular weight is 616 g/mol. The van der Waals surface area contributed by atoms with Crippen molar-refractivity contribution >= 4 is 45.0 Å². The molecule has 0 unspecified atom stereocenters. The Morgan fingerprint density at radius 3 is 2.66 bits per heavy atom. The zero-order chi connectivity index (χ0) is 30.2. The zero-order valence-corrected chi connectivity index (χ0v) is 25.0. The number of carbonyl (C=O) groups excluding carboxylic acids is 1. The number of halogens is 3. The summed E-state index contributed by atoms with van der Waals surface area (Å²) in [4.78, 5) is 28.6. The SMILES string of the molecule is C=CC(=O)N1CC[C@H]2[C@H]1CN2c1nc(OCC23CCCN2CCC3)nc2cc(-c3cccc4ccc(F)c(Cl)c34)c(F)cc12. The maximum atomic E-state index is 16.1. The Morgan fingerprint density at radius 1 is 1.05 bits per heavy atom. The minimum Gasteiger partial charge on any atom is -0.461 e. The van der Waals surface area contributed by atoms with Crippen molar-refractivity contribution in [2.75, 3.05) is 37.7 Å². The predicted octanol–water partition coefficient (Wildman–Crippen LogP) is 6.36. The number of aromatic nitrogens is 2. The van der Waals surface area contributed by atoms with Crippen LogP contribution in [0.5, 0.6) is 6.01 Å². The molecule has 0 saturated carbocycles. The van der Waals surface area contributed by atoms with E-state index in [0.29, 0.717) is 52.8 Å². The van der Waals surface area contributed by atoms with Crippen molar-refractivity contribution in [1.82, 2.24) is 19.8 Å². The van der Waals surface area contributed by atoms with Crippen LogP contribution < -0.4 is 9.64 Å². The van der Waals surface area contributed by atoms with Gasteiger partial charge in [0.1, 0.15) is 24.1 Å². The first-order valence-corrected chi connectivity index (χ1v) is 15.7. The molecule has 0 N–H and O–H groups in total. The number of carbonyl (C=O) groups is 1. The fourth-order valence-electron chi connectivity index (χ4n) is 8.05. The standard InChI is InChI=1S/C34H32ClF2N5O2/c1-2-29(43)41-15-10-27-28(41)18-42(27)32-23-16-25(37)22(21-7-3-6-20-8-9-24(36)31(35)30(20)21)17-26(23)38-33(39-32)44-19-34-11-4-13-40(34)14-5-12-34/h2-3,6-9,16-17,27-28H,1,4-5,10-15,18-19H2/t27-,28+/m0/s1. The van der Waals surface area contributed by atoms with Gasteiger partial charge in [0.25, 0.3) is 0 Å². The lowest BCUT2D eigenvalue weighted by Gasteiger charge is -2.47. The van der Waals surface area contributed by atoms with Gasteiger partial charge in [0.15, 0.2) is 0 Å². The Morgan fingerprint density at radius 2 is 1.86 bits per heavy atom. The Balaban J connectivity index is 1.23. The molecule has 0 aliphatic carbocycles. The normalized spacial score (nSPS) is 22.3. The van der Waals surface area contributed by atoms with E-state index in [1.54, 1.807) is 24.3 Å². The summed E-state index contributed by atoms with van der Waals surface area (Å²) in [7, 11) is 0. The first-order chi connectivity index (χ1) is 21.4. The second-order valence-corrected chi connectivity index (χ2v) is 12.8. The minimum atomic E-state index is -0.562. The van der Waals surface area contributed by atoms with Crippen LogP contribution >= 0.6 is 11.6 Å². The van der Waals surface area contributed by atoms with E-state index in [0.717, 1.165) is 45.2 Å². The molecule has 8 rings (SSSR count). The molecule has 4 aliphatic rings. The molecule has 7 nitrogen and oxygen atoms in total. The Bertz CT molecular complexity index is 1840.